The van der Waals surface area contributed by atoms with E-state index in [2.05, 4.69) is 10.1 Å². The lowest BCUT2D eigenvalue weighted by atomic mass is 10.1. The van der Waals surface area contributed by atoms with Crippen LogP contribution in [0, 0.1) is 10.1 Å². The van der Waals surface area contributed by atoms with Gasteiger partial charge in [0.1, 0.15) is 6.42 Å². The van der Waals surface area contributed by atoms with Crippen molar-refractivity contribution in [1.29, 1.82) is 0 Å². The number of nitrogens with zero attached hydrogens (tertiary/aromatic N) is 1. The van der Waals surface area contributed by atoms with Crippen LogP contribution in [0.1, 0.15) is 19.3 Å². The first-order valence-electron chi connectivity index (χ1n) is 7.48. The molecule has 1 aromatic rings. The van der Waals surface area contributed by atoms with Crippen LogP contribution in [0.2, 0.25) is 0 Å². The zero-order valence-corrected chi connectivity index (χ0v) is 12.9. The maximum atomic E-state index is 12.5. The van der Waals surface area contributed by atoms with E-state index in [0.717, 1.165) is 30.8 Å². The van der Waals surface area contributed by atoms with Gasteiger partial charge >= 0.3 is 5.97 Å². The highest BCUT2D eigenvalue weighted by Gasteiger charge is 2.34. The van der Waals surface area contributed by atoms with Gasteiger partial charge in [0, 0.05) is 30.7 Å². The Morgan fingerprint density at radius 1 is 1.30 bits per heavy atom. The minimum absolute atomic E-state index is 0.0185. The Hall–Kier alpha value is -2.48. The molecule has 0 bridgehead atoms. The number of nitrogens with one attached hydrogen (secondary N) is 2. The summed E-state index contributed by atoms with van der Waals surface area (Å²) in [5.74, 6) is -0.700. The van der Waals surface area contributed by atoms with Crippen LogP contribution >= 0.6 is 0 Å². The highest BCUT2D eigenvalue weighted by molar-refractivity contribution is 5.96. The summed E-state index contributed by atoms with van der Waals surface area (Å²) < 4.78 is 4.68. The molecule has 0 radical (unpaired) electrons. The van der Waals surface area contributed by atoms with E-state index in [-0.39, 0.29) is 18.0 Å². The minimum atomic E-state index is -0.514. The van der Waals surface area contributed by atoms with Gasteiger partial charge in [-0.05, 0) is 12.1 Å². The number of nitro groups is 1. The molecule has 2 N–H and O–H groups in total. The second-order valence-electron chi connectivity index (χ2n) is 5.49. The van der Waals surface area contributed by atoms with Gasteiger partial charge in [0.25, 0.3) is 11.6 Å². The molecule has 1 heterocycles. The van der Waals surface area contributed by atoms with E-state index >= 15 is 0 Å². The van der Waals surface area contributed by atoms with Gasteiger partial charge in [-0.3, -0.25) is 19.7 Å². The SMILES string of the molecule is COC(=O)C[C@@H](C(=O)Nc1ccc([N+](=O)[O-])cc1)[NH+]1CCCC1. The molecule has 23 heavy (non-hydrogen) atoms. The van der Waals surface area contributed by atoms with Crippen molar-refractivity contribution in [2.45, 2.75) is 25.3 Å². The van der Waals surface area contributed by atoms with Crippen molar-refractivity contribution >= 4 is 23.3 Å². The van der Waals surface area contributed by atoms with Gasteiger partial charge in [-0.15, -0.1) is 0 Å². The molecule has 1 aliphatic rings. The molecule has 1 amide bonds. The number of quaternary nitrogens is 1. The number of likely N-dealkylation sites (tertiary alicyclic amines) is 1. The fraction of sp³-hybridized carbons (Fsp3) is 0.467. The standard InChI is InChI=1S/C15H19N3O5/c1-23-14(19)10-13(17-8-2-3-9-17)15(20)16-11-4-6-12(7-5-11)18(21)22/h4-7,13H,2-3,8-10H2,1H3,(H,16,20)/p+1/t13-/m0/s1. The van der Waals surface area contributed by atoms with E-state index < -0.39 is 16.9 Å². The molecule has 2 rings (SSSR count). The second-order valence-corrected chi connectivity index (χ2v) is 5.49. The number of ether oxygens (including phenoxy) is 1. The first-order valence-corrected chi connectivity index (χ1v) is 7.48. The summed E-state index contributed by atoms with van der Waals surface area (Å²) in [5, 5.41) is 13.4. The summed E-state index contributed by atoms with van der Waals surface area (Å²) in [6.45, 7) is 1.69. The van der Waals surface area contributed by atoms with Crippen LogP contribution < -0.4 is 10.2 Å². The molecule has 0 aromatic heterocycles. The summed E-state index contributed by atoms with van der Waals surface area (Å²) in [6, 6.07) is 5.09. The lowest BCUT2D eigenvalue weighted by molar-refractivity contribution is -0.903. The van der Waals surface area contributed by atoms with E-state index in [1.807, 2.05) is 0 Å². The Morgan fingerprint density at radius 2 is 1.91 bits per heavy atom. The number of benzene rings is 1. The Morgan fingerprint density at radius 3 is 2.43 bits per heavy atom. The van der Waals surface area contributed by atoms with Gasteiger partial charge in [0.15, 0.2) is 6.04 Å². The van der Waals surface area contributed by atoms with Crippen molar-refractivity contribution in [2.75, 3.05) is 25.5 Å². The fourth-order valence-electron chi connectivity index (χ4n) is 2.75. The molecule has 0 aliphatic carbocycles. The first-order chi connectivity index (χ1) is 11.0. The molecular weight excluding hydrogens is 302 g/mol. The van der Waals surface area contributed by atoms with Gasteiger partial charge in [-0.2, -0.15) is 0 Å². The number of hydrogen-bond acceptors (Lipinski definition) is 5. The number of carbonyl (C=O) groups excluding carboxylic acids is 2. The van der Waals surface area contributed by atoms with E-state index in [0.29, 0.717) is 5.69 Å². The largest absolute Gasteiger partial charge is 0.469 e. The smallest absolute Gasteiger partial charge is 0.312 e. The molecule has 1 aromatic carbocycles. The quantitative estimate of drug-likeness (QED) is 0.441. The van der Waals surface area contributed by atoms with E-state index in [4.69, 9.17) is 0 Å². The molecule has 0 unspecified atom stereocenters. The third kappa shape index (κ3) is 4.49. The average Bonchev–Trinajstić information content (AvgIpc) is 3.06. The van der Waals surface area contributed by atoms with Crippen molar-refractivity contribution < 1.29 is 24.1 Å². The number of anilines is 1. The first kappa shape index (κ1) is 16.9. The van der Waals surface area contributed by atoms with E-state index in [1.165, 1.54) is 31.4 Å². The predicted octanol–water partition coefficient (Wildman–Crippen LogP) is 0.144. The fourth-order valence-corrected chi connectivity index (χ4v) is 2.75. The van der Waals surface area contributed by atoms with Crippen molar-refractivity contribution in [3.8, 4) is 0 Å². The number of methoxy groups -OCH3 is 1. The Balaban J connectivity index is 2.06. The van der Waals surface area contributed by atoms with Crippen molar-refractivity contribution in [3.63, 3.8) is 0 Å². The number of amides is 1. The van der Waals surface area contributed by atoms with E-state index in [1.54, 1.807) is 0 Å². The maximum Gasteiger partial charge on any atom is 0.312 e. The normalized spacial score (nSPS) is 15.9. The predicted molar refractivity (Wildman–Crippen MR) is 82.1 cm³/mol. The molecule has 8 heteroatoms. The highest BCUT2D eigenvalue weighted by Crippen LogP contribution is 2.15. The monoisotopic (exact) mass is 322 g/mol. The lowest BCUT2D eigenvalue weighted by Gasteiger charge is -2.22. The van der Waals surface area contributed by atoms with Crippen LogP contribution in [0.3, 0.4) is 0 Å². The molecular formula is C15H20N3O5+. The molecule has 8 nitrogen and oxygen atoms in total. The number of non-ortho nitro benzene ring substituents is 1. The molecule has 0 spiro atoms. The summed E-state index contributed by atoms with van der Waals surface area (Å²) in [7, 11) is 1.30. The second kappa shape index (κ2) is 7.68. The Bertz CT molecular complexity index is 581. The number of esters is 1. The number of carbonyl (C=O) groups is 2. The Labute approximate surface area is 133 Å². The van der Waals surface area contributed by atoms with E-state index in [9.17, 15) is 19.7 Å². The molecule has 1 fully saturated rings. The molecule has 1 saturated heterocycles. The molecule has 1 atom stereocenters. The average molecular weight is 322 g/mol. The van der Waals surface area contributed by atoms with Gasteiger partial charge in [-0.25, -0.2) is 0 Å². The number of rotatable bonds is 6. The third-order valence-corrected chi connectivity index (χ3v) is 4.00. The van der Waals surface area contributed by atoms with Crippen LogP contribution in [0.25, 0.3) is 0 Å². The van der Waals surface area contributed by atoms with Crippen LogP contribution in [0.5, 0.6) is 0 Å². The summed E-state index contributed by atoms with van der Waals surface area (Å²) in [5.41, 5.74) is 0.424. The van der Waals surface area contributed by atoms with Crippen molar-refractivity contribution in [3.05, 3.63) is 34.4 Å². The topological polar surface area (TPSA) is 103 Å². The minimum Gasteiger partial charge on any atom is -0.469 e. The van der Waals surface area contributed by atoms with Gasteiger partial charge in [0.05, 0.1) is 25.1 Å². The van der Waals surface area contributed by atoms with Crippen LogP contribution in [0.4, 0.5) is 11.4 Å². The van der Waals surface area contributed by atoms with Gasteiger partial charge < -0.3 is 15.0 Å². The molecule has 0 saturated carbocycles. The summed E-state index contributed by atoms with van der Waals surface area (Å²) in [6.07, 6.45) is 2.07. The maximum absolute atomic E-state index is 12.5. The summed E-state index contributed by atoms with van der Waals surface area (Å²) in [4.78, 5) is 35.3. The third-order valence-electron chi connectivity index (χ3n) is 4.00. The molecule has 1 aliphatic heterocycles. The van der Waals surface area contributed by atoms with Gasteiger partial charge in [0.2, 0.25) is 0 Å². The van der Waals surface area contributed by atoms with Crippen molar-refractivity contribution in [1.82, 2.24) is 0 Å². The van der Waals surface area contributed by atoms with Crippen LogP contribution in [0.15, 0.2) is 24.3 Å². The number of hydrogen-bond donors (Lipinski definition) is 2. The Kier molecular flexibility index (Phi) is 5.64. The van der Waals surface area contributed by atoms with Crippen molar-refractivity contribution in [2.24, 2.45) is 0 Å². The highest BCUT2D eigenvalue weighted by atomic mass is 16.6. The lowest BCUT2D eigenvalue weighted by Crippen LogP contribution is -3.15. The van der Waals surface area contributed by atoms with Crippen LogP contribution in [-0.2, 0) is 14.3 Å². The molecule has 124 valence electrons. The summed E-state index contributed by atoms with van der Waals surface area (Å²) >= 11 is 0. The zero-order chi connectivity index (χ0) is 16.8. The number of nitro benzene ring substituents is 1. The van der Waals surface area contributed by atoms with Gasteiger partial charge in [-0.1, -0.05) is 0 Å². The van der Waals surface area contributed by atoms with Crippen LogP contribution in [-0.4, -0.2) is 43.0 Å². The zero-order valence-electron chi connectivity index (χ0n) is 12.9.